The lowest BCUT2D eigenvalue weighted by Crippen LogP contribution is -2.47. The molecule has 1 aromatic rings. The fourth-order valence-electron chi connectivity index (χ4n) is 2.10. The molecule has 0 saturated carbocycles. The first-order valence-corrected chi connectivity index (χ1v) is 6.92. The lowest BCUT2D eigenvalue weighted by Gasteiger charge is -2.33. The Morgan fingerprint density at radius 3 is 2.11 bits per heavy atom. The van der Waals surface area contributed by atoms with Crippen molar-refractivity contribution in [3.8, 4) is 0 Å². The Kier molecular flexibility index (Phi) is 5.36. The van der Waals surface area contributed by atoms with Crippen LogP contribution in [0, 0.1) is 0 Å². The van der Waals surface area contributed by atoms with Crippen molar-refractivity contribution in [2.45, 2.75) is 58.5 Å². The molecular weight excluding hydrogens is 222 g/mol. The maximum Gasteiger partial charge on any atom is 0.0652 e. The van der Waals surface area contributed by atoms with Gasteiger partial charge in [-0.25, -0.2) is 0 Å². The second-order valence-corrected chi connectivity index (χ2v) is 5.72. The van der Waals surface area contributed by atoms with Gasteiger partial charge in [0.05, 0.1) is 12.1 Å². The predicted octanol–water partition coefficient (Wildman–Crippen LogP) is 3.41. The minimum atomic E-state index is -0.356. The van der Waals surface area contributed by atoms with Crippen molar-refractivity contribution in [1.29, 1.82) is 0 Å². The van der Waals surface area contributed by atoms with Crippen LogP contribution in [-0.2, 0) is 5.54 Å². The molecule has 0 spiro atoms. The van der Waals surface area contributed by atoms with Gasteiger partial charge in [-0.1, -0.05) is 45.0 Å². The summed E-state index contributed by atoms with van der Waals surface area (Å²) in [4.78, 5) is 0. The average molecular weight is 249 g/mol. The van der Waals surface area contributed by atoms with Gasteiger partial charge in [-0.05, 0) is 37.3 Å². The minimum Gasteiger partial charge on any atom is -0.394 e. The van der Waals surface area contributed by atoms with E-state index in [2.05, 4.69) is 64.2 Å². The van der Waals surface area contributed by atoms with Crippen LogP contribution in [0.5, 0.6) is 0 Å². The van der Waals surface area contributed by atoms with Gasteiger partial charge >= 0.3 is 0 Å². The number of nitrogens with one attached hydrogen (secondary N) is 1. The van der Waals surface area contributed by atoms with Crippen LogP contribution in [0.25, 0.3) is 0 Å². The van der Waals surface area contributed by atoms with Crippen LogP contribution in [0.4, 0.5) is 0 Å². The van der Waals surface area contributed by atoms with E-state index >= 15 is 0 Å². The summed E-state index contributed by atoms with van der Waals surface area (Å²) in [6.45, 7) is 10.9. The van der Waals surface area contributed by atoms with E-state index in [9.17, 15) is 5.11 Å². The minimum absolute atomic E-state index is 0.109. The molecule has 0 heterocycles. The van der Waals surface area contributed by atoms with Crippen LogP contribution < -0.4 is 5.32 Å². The van der Waals surface area contributed by atoms with Crippen LogP contribution in [0.2, 0.25) is 0 Å². The van der Waals surface area contributed by atoms with E-state index < -0.39 is 0 Å². The Morgan fingerprint density at radius 1 is 1.17 bits per heavy atom. The third kappa shape index (κ3) is 3.56. The monoisotopic (exact) mass is 249 g/mol. The lowest BCUT2D eigenvalue weighted by atomic mass is 9.89. The molecule has 1 rings (SSSR count). The molecule has 1 aromatic carbocycles. The summed E-state index contributed by atoms with van der Waals surface area (Å²) < 4.78 is 0. The van der Waals surface area contributed by atoms with Crippen molar-refractivity contribution < 1.29 is 5.11 Å². The summed E-state index contributed by atoms with van der Waals surface area (Å²) in [5, 5.41) is 13.2. The average Bonchev–Trinajstić information content (AvgIpc) is 2.38. The molecule has 2 N–H and O–H groups in total. The zero-order chi connectivity index (χ0) is 13.8. The normalized spacial score (nSPS) is 16.6. The van der Waals surface area contributed by atoms with Gasteiger partial charge in [0.15, 0.2) is 0 Å². The van der Waals surface area contributed by atoms with Crippen molar-refractivity contribution in [1.82, 2.24) is 5.32 Å². The summed E-state index contributed by atoms with van der Waals surface area (Å²) >= 11 is 0. The first-order chi connectivity index (χ1) is 8.42. The largest absolute Gasteiger partial charge is 0.394 e. The lowest BCUT2D eigenvalue weighted by molar-refractivity contribution is 0.162. The molecule has 102 valence electrons. The Morgan fingerprint density at radius 2 is 1.72 bits per heavy atom. The van der Waals surface area contributed by atoms with E-state index in [1.54, 1.807) is 0 Å². The zero-order valence-electron chi connectivity index (χ0n) is 12.3. The molecule has 0 amide bonds. The molecule has 0 aliphatic rings. The highest BCUT2D eigenvalue weighted by Gasteiger charge is 2.26. The fraction of sp³-hybridized carbons (Fsp3) is 0.625. The van der Waals surface area contributed by atoms with Gasteiger partial charge in [-0.3, -0.25) is 0 Å². The Labute approximate surface area is 111 Å². The summed E-state index contributed by atoms with van der Waals surface area (Å²) in [6, 6.07) is 8.97. The molecule has 0 aromatic heterocycles. The van der Waals surface area contributed by atoms with Crippen LogP contribution in [-0.4, -0.2) is 17.8 Å². The topological polar surface area (TPSA) is 32.3 Å². The zero-order valence-corrected chi connectivity index (χ0v) is 12.3. The van der Waals surface area contributed by atoms with Crippen LogP contribution in [0.15, 0.2) is 24.3 Å². The molecule has 0 aliphatic carbocycles. The highest BCUT2D eigenvalue weighted by Crippen LogP contribution is 2.24. The molecule has 18 heavy (non-hydrogen) atoms. The number of hydrogen-bond acceptors (Lipinski definition) is 2. The maximum atomic E-state index is 9.70. The van der Waals surface area contributed by atoms with Gasteiger partial charge in [0.25, 0.3) is 0 Å². The molecule has 0 saturated heterocycles. The molecule has 2 nitrogen and oxygen atoms in total. The third-order valence-electron chi connectivity index (χ3n) is 3.71. The summed E-state index contributed by atoms with van der Waals surface area (Å²) in [5.74, 6) is 0.543. The SMILES string of the molecule is CCC(C)NC(C)(CO)c1ccc(C(C)C)cc1. The van der Waals surface area contributed by atoms with E-state index in [1.165, 1.54) is 5.56 Å². The number of aliphatic hydroxyl groups excluding tert-OH is 1. The fourth-order valence-corrected chi connectivity index (χ4v) is 2.10. The standard InChI is InChI=1S/C16H27NO/c1-6-13(4)17-16(5,11-18)15-9-7-14(8-10-15)12(2)3/h7-10,12-13,17-18H,6,11H2,1-5H3. The van der Waals surface area contributed by atoms with Crippen molar-refractivity contribution in [2.75, 3.05) is 6.61 Å². The summed E-state index contributed by atoms with van der Waals surface area (Å²) in [6.07, 6.45) is 1.06. The smallest absolute Gasteiger partial charge is 0.0652 e. The van der Waals surface area contributed by atoms with Gasteiger partial charge in [-0.2, -0.15) is 0 Å². The van der Waals surface area contributed by atoms with Crippen LogP contribution in [0.1, 0.15) is 58.1 Å². The molecular formula is C16H27NO. The summed E-state index contributed by atoms with van der Waals surface area (Å²) in [5.41, 5.74) is 2.13. The molecule has 0 radical (unpaired) electrons. The second kappa shape index (κ2) is 6.35. The Balaban J connectivity index is 2.93. The first kappa shape index (κ1) is 15.2. The molecule has 2 unspecified atom stereocenters. The van der Waals surface area contributed by atoms with Crippen molar-refractivity contribution in [3.05, 3.63) is 35.4 Å². The molecule has 0 fully saturated rings. The van der Waals surface area contributed by atoms with E-state index in [-0.39, 0.29) is 12.1 Å². The molecule has 0 aliphatic heterocycles. The van der Waals surface area contributed by atoms with Gasteiger partial charge in [0.2, 0.25) is 0 Å². The van der Waals surface area contributed by atoms with E-state index in [1.807, 2.05) is 0 Å². The third-order valence-corrected chi connectivity index (χ3v) is 3.71. The highest BCUT2D eigenvalue weighted by atomic mass is 16.3. The van der Waals surface area contributed by atoms with E-state index in [0.29, 0.717) is 12.0 Å². The second-order valence-electron chi connectivity index (χ2n) is 5.72. The number of aliphatic hydroxyl groups is 1. The maximum absolute atomic E-state index is 9.70. The van der Waals surface area contributed by atoms with Crippen LogP contribution in [0.3, 0.4) is 0 Å². The number of rotatable bonds is 6. The molecule has 0 bridgehead atoms. The van der Waals surface area contributed by atoms with Gasteiger partial charge in [-0.15, -0.1) is 0 Å². The first-order valence-electron chi connectivity index (χ1n) is 6.92. The number of hydrogen-bond donors (Lipinski definition) is 2. The van der Waals surface area contributed by atoms with Gasteiger partial charge < -0.3 is 10.4 Å². The van der Waals surface area contributed by atoms with Crippen LogP contribution >= 0.6 is 0 Å². The Hall–Kier alpha value is -0.860. The van der Waals surface area contributed by atoms with Gasteiger partial charge in [0.1, 0.15) is 0 Å². The quantitative estimate of drug-likeness (QED) is 0.810. The van der Waals surface area contributed by atoms with Crippen molar-refractivity contribution >= 4 is 0 Å². The van der Waals surface area contributed by atoms with Crippen molar-refractivity contribution in [3.63, 3.8) is 0 Å². The molecule has 2 atom stereocenters. The molecule has 2 heteroatoms. The van der Waals surface area contributed by atoms with E-state index in [0.717, 1.165) is 12.0 Å². The highest BCUT2D eigenvalue weighted by molar-refractivity contribution is 5.29. The van der Waals surface area contributed by atoms with E-state index in [4.69, 9.17) is 0 Å². The Bertz CT molecular complexity index is 358. The van der Waals surface area contributed by atoms with Crippen molar-refractivity contribution in [2.24, 2.45) is 0 Å². The summed E-state index contributed by atoms with van der Waals surface area (Å²) in [7, 11) is 0. The number of benzene rings is 1. The predicted molar refractivity (Wildman–Crippen MR) is 77.9 cm³/mol. The van der Waals surface area contributed by atoms with Gasteiger partial charge in [0, 0.05) is 6.04 Å².